The highest BCUT2D eigenvalue weighted by atomic mass is 19.4. The average molecular weight is 505 g/mol. The van der Waals surface area contributed by atoms with Crippen LogP contribution in [0.1, 0.15) is 31.0 Å². The van der Waals surface area contributed by atoms with Crippen LogP contribution < -0.4 is 10.5 Å². The number of hydrogen-bond acceptors (Lipinski definition) is 6. The summed E-state index contributed by atoms with van der Waals surface area (Å²) in [5, 5.41) is 6.95. The van der Waals surface area contributed by atoms with Gasteiger partial charge in [0, 0.05) is 29.7 Å². The summed E-state index contributed by atoms with van der Waals surface area (Å²) in [4.78, 5) is 10.1. The van der Waals surface area contributed by atoms with Gasteiger partial charge >= 0.3 is 6.18 Å². The van der Waals surface area contributed by atoms with Crippen molar-refractivity contribution in [1.29, 1.82) is 5.41 Å². The molecule has 1 fully saturated rings. The van der Waals surface area contributed by atoms with E-state index in [2.05, 4.69) is 20.7 Å². The lowest BCUT2D eigenvalue weighted by atomic mass is 9.79. The molecule has 0 bridgehead atoms. The second-order valence-electron chi connectivity index (χ2n) is 7.57. The number of rotatable bonds is 3. The number of fused-ring (bicyclic) bond motifs is 1. The number of nitrogens with two attached hydrogens (primary N) is 1. The maximum absolute atomic E-state index is 13.7. The number of benzene rings is 1. The van der Waals surface area contributed by atoms with Crippen molar-refractivity contribution in [1.82, 2.24) is 15.0 Å². The Kier molecular flexibility index (Phi) is 8.84. The van der Waals surface area contributed by atoms with Crippen LogP contribution in [-0.2, 0) is 4.74 Å². The number of pyridine rings is 1. The lowest BCUT2D eigenvalue weighted by Gasteiger charge is -2.32. The van der Waals surface area contributed by atoms with Gasteiger partial charge in [0.05, 0.1) is 25.6 Å². The first kappa shape index (κ1) is 28.1. The van der Waals surface area contributed by atoms with E-state index < -0.39 is 41.2 Å². The Labute approximate surface area is 197 Å². The molecule has 2 unspecified atom stereocenters. The van der Waals surface area contributed by atoms with E-state index in [4.69, 9.17) is 14.9 Å². The molecule has 3 aromatic rings. The van der Waals surface area contributed by atoms with Crippen LogP contribution in [0.25, 0.3) is 11.0 Å². The Morgan fingerprint density at radius 1 is 1.26 bits per heavy atom. The zero-order valence-corrected chi connectivity index (χ0v) is 19.3. The summed E-state index contributed by atoms with van der Waals surface area (Å²) in [5.41, 5.74) is 3.67. The first-order chi connectivity index (χ1) is 16.4. The van der Waals surface area contributed by atoms with Gasteiger partial charge in [0.15, 0.2) is 17.2 Å². The molecule has 7 nitrogen and oxygen atoms in total. The molecule has 0 spiro atoms. The smallest absolute Gasteiger partial charge is 0.417 e. The molecule has 0 radical (unpaired) electrons. The Morgan fingerprint density at radius 3 is 2.46 bits per heavy atom. The van der Waals surface area contributed by atoms with Crippen molar-refractivity contribution in [3.63, 3.8) is 0 Å². The topological polar surface area (TPSA) is 110 Å². The van der Waals surface area contributed by atoms with Gasteiger partial charge in [-0.3, -0.25) is 0 Å². The predicted molar refractivity (Wildman–Crippen MR) is 117 cm³/mol. The van der Waals surface area contributed by atoms with E-state index in [1.165, 1.54) is 32.4 Å². The monoisotopic (exact) mass is 505 g/mol. The molecule has 0 aliphatic carbocycles. The van der Waals surface area contributed by atoms with E-state index in [1.807, 2.05) is 0 Å². The number of ether oxygens (including phenoxy) is 2. The van der Waals surface area contributed by atoms with Crippen LogP contribution >= 0.6 is 0 Å². The summed E-state index contributed by atoms with van der Waals surface area (Å²) in [6.45, 7) is 2.11. The van der Waals surface area contributed by atoms with E-state index in [0.29, 0.717) is 11.0 Å². The molecule has 4 rings (SSSR count). The number of halogens is 6. The highest BCUT2D eigenvalue weighted by Crippen LogP contribution is 2.51. The predicted octanol–water partition coefficient (Wildman–Crippen LogP) is 4.71. The molecule has 1 saturated heterocycles. The Balaban J connectivity index is 0.000000260. The largest absolute Gasteiger partial charge is 0.493 e. The van der Waals surface area contributed by atoms with Crippen molar-refractivity contribution in [2.75, 3.05) is 20.8 Å². The zero-order valence-electron chi connectivity index (χ0n) is 19.3. The van der Waals surface area contributed by atoms with Crippen molar-refractivity contribution >= 4 is 17.2 Å². The summed E-state index contributed by atoms with van der Waals surface area (Å²) < 4.78 is 88.7. The quantitative estimate of drug-likeness (QED) is 0.271. The number of aromatic amines is 1. The number of alkyl halides is 3. The van der Waals surface area contributed by atoms with Gasteiger partial charge in [0.2, 0.25) is 11.8 Å². The molecule has 192 valence electrons. The maximum Gasteiger partial charge on any atom is 0.417 e. The summed E-state index contributed by atoms with van der Waals surface area (Å²) in [6.07, 6.45) is -2.13. The van der Waals surface area contributed by atoms with Crippen LogP contribution in [0, 0.1) is 28.9 Å². The standard InChI is InChI=1S/C14H15F5O2.C7H5FN4.CH5N/c1-7-9(6-21-13(7,2)14(17,18)19)8-4-5-10(15)11(16)12(8)20-3;8-6-1-4-7(11-3-10-4)5(2-9)12-6;1-2/h4-5,7,9H,6H2,1-3H3;1-3,9H,(H,10,11);2H2,1H3/t7?,9?,13-;;/m1../s1. The number of nitrogens with one attached hydrogen (secondary N) is 2. The number of H-pyrrole nitrogens is 1. The molecule has 3 atom stereocenters. The minimum Gasteiger partial charge on any atom is -0.493 e. The average Bonchev–Trinajstić information content (AvgIpc) is 3.41. The van der Waals surface area contributed by atoms with Crippen LogP contribution in [-0.4, -0.2) is 53.7 Å². The van der Waals surface area contributed by atoms with E-state index in [9.17, 15) is 26.3 Å². The van der Waals surface area contributed by atoms with E-state index in [-0.39, 0.29) is 23.6 Å². The molecule has 2 aromatic heterocycles. The lowest BCUT2D eigenvalue weighted by molar-refractivity contribution is -0.266. The van der Waals surface area contributed by atoms with E-state index >= 15 is 0 Å². The van der Waals surface area contributed by atoms with Crippen molar-refractivity contribution in [2.45, 2.75) is 31.5 Å². The molecule has 3 heterocycles. The van der Waals surface area contributed by atoms with Crippen LogP contribution in [0.3, 0.4) is 0 Å². The SMILES string of the molecule is CN.COc1c(C2CO[C@@](C)(C(F)(F)F)C2C)ccc(F)c1F.N=Cc1nc(F)cc2[nH]cnc12. The fourth-order valence-electron chi connectivity index (χ4n) is 3.71. The summed E-state index contributed by atoms with van der Waals surface area (Å²) in [7, 11) is 2.64. The number of hydrogen-bond donors (Lipinski definition) is 3. The fraction of sp³-hybridized carbons (Fsp3) is 0.409. The van der Waals surface area contributed by atoms with Gasteiger partial charge in [-0.25, -0.2) is 14.4 Å². The van der Waals surface area contributed by atoms with Crippen molar-refractivity contribution in [3.05, 3.63) is 53.4 Å². The minimum absolute atomic E-state index is 0.178. The summed E-state index contributed by atoms with van der Waals surface area (Å²) in [6, 6.07) is 3.36. The van der Waals surface area contributed by atoms with Crippen LogP contribution in [0.2, 0.25) is 0 Å². The second-order valence-corrected chi connectivity index (χ2v) is 7.57. The van der Waals surface area contributed by atoms with Crippen molar-refractivity contribution < 1.29 is 35.8 Å². The molecule has 1 aromatic carbocycles. The van der Waals surface area contributed by atoms with Crippen molar-refractivity contribution in [2.24, 2.45) is 11.7 Å². The highest BCUT2D eigenvalue weighted by molar-refractivity contribution is 5.92. The molecular weight excluding hydrogens is 480 g/mol. The summed E-state index contributed by atoms with van der Waals surface area (Å²) in [5.74, 6) is -4.99. The Bertz CT molecular complexity index is 1170. The van der Waals surface area contributed by atoms with Gasteiger partial charge in [-0.05, 0) is 20.0 Å². The van der Waals surface area contributed by atoms with Gasteiger partial charge < -0.3 is 25.6 Å². The first-order valence-electron chi connectivity index (χ1n) is 10.2. The Morgan fingerprint density at radius 2 is 1.91 bits per heavy atom. The van der Waals surface area contributed by atoms with Gasteiger partial charge in [-0.1, -0.05) is 13.0 Å². The molecule has 35 heavy (non-hydrogen) atoms. The third kappa shape index (κ3) is 5.40. The van der Waals surface area contributed by atoms with E-state index in [1.54, 1.807) is 0 Å². The molecule has 1 aliphatic rings. The van der Waals surface area contributed by atoms with Gasteiger partial charge in [0.1, 0.15) is 11.2 Å². The molecule has 1 aliphatic heterocycles. The Hall–Kier alpha value is -3.19. The molecule has 0 amide bonds. The zero-order chi connectivity index (χ0) is 26.6. The third-order valence-electron chi connectivity index (χ3n) is 5.82. The summed E-state index contributed by atoms with van der Waals surface area (Å²) >= 11 is 0. The van der Waals surface area contributed by atoms with Crippen molar-refractivity contribution in [3.8, 4) is 5.75 Å². The molecular formula is C22H25F6N5O2. The first-order valence-corrected chi connectivity index (χ1v) is 10.2. The highest BCUT2D eigenvalue weighted by Gasteiger charge is 2.61. The minimum atomic E-state index is -4.55. The normalized spacial score (nSPS) is 21.6. The lowest BCUT2D eigenvalue weighted by Crippen LogP contribution is -2.46. The fourth-order valence-corrected chi connectivity index (χ4v) is 3.71. The van der Waals surface area contributed by atoms with Gasteiger partial charge in [-0.2, -0.15) is 22.0 Å². The molecule has 13 heteroatoms. The van der Waals surface area contributed by atoms with Gasteiger partial charge in [-0.15, -0.1) is 0 Å². The number of nitrogens with zero attached hydrogens (tertiary/aromatic N) is 2. The second kappa shape index (κ2) is 11.0. The van der Waals surface area contributed by atoms with Crippen LogP contribution in [0.4, 0.5) is 26.3 Å². The third-order valence-corrected chi connectivity index (χ3v) is 5.82. The van der Waals surface area contributed by atoms with Crippen LogP contribution in [0.15, 0.2) is 24.5 Å². The number of aromatic nitrogens is 3. The number of imidazole rings is 1. The maximum atomic E-state index is 13.7. The number of methoxy groups -OCH3 is 1. The van der Waals surface area contributed by atoms with E-state index in [0.717, 1.165) is 26.3 Å². The van der Waals surface area contributed by atoms with Gasteiger partial charge in [0.25, 0.3) is 0 Å². The van der Waals surface area contributed by atoms with Crippen LogP contribution in [0.5, 0.6) is 5.75 Å². The molecule has 4 N–H and O–H groups in total. The molecule has 0 saturated carbocycles.